The molecule has 1 atom stereocenters. The van der Waals surface area contributed by atoms with Crippen LogP contribution in [0.5, 0.6) is 0 Å². The molecular weight excluding hydrogens is 375 g/mol. The van der Waals surface area contributed by atoms with E-state index in [4.69, 9.17) is 5.26 Å². The molecule has 148 valence electrons. The van der Waals surface area contributed by atoms with Gasteiger partial charge in [0.05, 0.1) is 17.2 Å². The molecule has 1 saturated carbocycles. The van der Waals surface area contributed by atoms with Gasteiger partial charge in [0.25, 0.3) is 0 Å². The highest BCUT2D eigenvalue weighted by molar-refractivity contribution is 8.12. The van der Waals surface area contributed by atoms with E-state index < -0.39 is 0 Å². The number of rotatable bonds is 2. The van der Waals surface area contributed by atoms with Crippen LogP contribution in [0.4, 0.5) is 9.18 Å². The standard InChI is InChI=1S/C21H25FN4OS/c1-28-5-4-21(24-28)13-26(14-21)19(27)25-11-20(12-25)8-16(9-20)6-17-3-2-15(10-23)7-18(17)22/h2-3,7,16,24H,1,4-6,8-9,11-14H2. The number of likely N-dealkylation sites (tertiary alicyclic amines) is 2. The molecule has 0 radical (unpaired) electrons. The lowest BCUT2D eigenvalue weighted by Gasteiger charge is -2.61. The summed E-state index contributed by atoms with van der Waals surface area (Å²) in [6, 6.07) is 6.90. The number of carbonyl (C=O) groups excluding carboxylic acids is 1. The second-order valence-electron chi connectivity index (χ2n) is 9.22. The summed E-state index contributed by atoms with van der Waals surface area (Å²) in [5, 5.41) is 8.84. The molecule has 3 saturated heterocycles. The number of nitrogens with one attached hydrogen (secondary N) is 1. The van der Waals surface area contributed by atoms with Crippen molar-refractivity contribution in [2.24, 2.45) is 11.3 Å². The smallest absolute Gasteiger partial charge is 0.320 e. The molecule has 5 rings (SSSR count). The summed E-state index contributed by atoms with van der Waals surface area (Å²) < 4.78 is 17.6. The molecule has 28 heavy (non-hydrogen) atoms. The number of carbonyl (C=O) groups is 1. The zero-order chi connectivity index (χ0) is 19.5. The maximum atomic E-state index is 14.1. The molecule has 3 heterocycles. The van der Waals surface area contributed by atoms with E-state index in [1.165, 1.54) is 6.07 Å². The minimum Gasteiger partial charge on any atom is -0.323 e. The Balaban J connectivity index is 1.09. The summed E-state index contributed by atoms with van der Waals surface area (Å²) in [6.45, 7) is 3.31. The van der Waals surface area contributed by atoms with Gasteiger partial charge in [-0.2, -0.15) is 5.26 Å². The Morgan fingerprint density at radius 2 is 2.04 bits per heavy atom. The first-order valence-corrected chi connectivity index (χ1v) is 11.5. The highest BCUT2D eigenvalue weighted by Crippen LogP contribution is 2.53. The Morgan fingerprint density at radius 3 is 2.64 bits per heavy atom. The molecule has 1 aliphatic carbocycles. The number of nitrogens with zero attached hydrogens (tertiary/aromatic N) is 3. The number of hydrogen-bond acceptors (Lipinski definition) is 3. The lowest BCUT2D eigenvalue weighted by molar-refractivity contribution is -0.0823. The molecule has 0 bridgehead atoms. The van der Waals surface area contributed by atoms with E-state index in [9.17, 15) is 9.18 Å². The summed E-state index contributed by atoms with van der Waals surface area (Å²) in [6.07, 6.45) is 3.97. The van der Waals surface area contributed by atoms with Crippen molar-refractivity contribution in [1.29, 1.82) is 5.26 Å². The maximum absolute atomic E-state index is 14.1. The quantitative estimate of drug-likeness (QED) is 0.777. The third-order valence-electron chi connectivity index (χ3n) is 6.90. The molecule has 4 fully saturated rings. The molecule has 3 aliphatic heterocycles. The lowest BCUT2D eigenvalue weighted by atomic mass is 9.56. The summed E-state index contributed by atoms with van der Waals surface area (Å²) in [5.74, 6) is 5.42. The predicted molar refractivity (Wildman–Crippen MR) is 109 cm³/mol. The molecule has 2 spiro atoms. The van der Waals surface area contributed by atoms with Gasteiger partial charge >= 0.3 is 6.03 Å². The normalized spacial score (nSPS) is 27.2. The molecule has 5 nitrogen and oxygen atoms in total. The summed E-state index contributed by atoms with van der Waals surface area (Å²) in [4.78, 5) is 16.6. The van der Waals surface area contributed by atoms with Gasteiger partial charge in [0.15, 0.2) is 0 Å². The van der Waals surface area contributed by atoms with Crippen LogP contribution in [0.1, 0.15) is 30.4 Å². The van der Waals surface area contributed by atoms with Crippen molar-refractivity contribution in [2.45, 2.75) is 31.2 Å². The van der Waals surface area contributed by atoms with Crippen LogP contribution in [0.25, 0.3) is 0 Å². The molecule has 0 aromatic heterocycles. The number of nitriles is 1. The van der Waals surface area contributed by atoms with Gasteiger partial charge in [0.2, 0.25) is 0 Å². The van der Waals surface area contributed by atoms with Crippen LogP contribution in [0.2, 0.25) is 0 Å². The first-order valence-electron chi connectivity index (χ1n) is 9.90. The average Bonchev–Trinajstić information content (AvgIpc) is 2.97. The highest BCUT2D eigenvalue weighted by atomic mass is 32.2. The summed E-state index contributed by atoms with van der Waals surface area (Å²) >= 11 is 0. The Morgan fingerprint density at radius 1 is 1.32 bits per heavy atom. The van der Waals surface area contributed by atoms with Gasteiger partial charge in [-0.25, -0.2) is 9.18 Å². The predicted octanol–water partition coefficient (Wildman–Crippen LogP) is 2.74. The Bertz CT molecular complexity index is 890. The van der Waals surface area contributed by atoms with E-state index >= 15 is 0 Å². The number of halogens is 1. The van der Waals surface area contributed by atoms with Gasteiger partial charge in [-0.1, -0.05) is 11.9 Å². The average molecular weight is 401 g/mol. The van der Waals surface area contributed by atoms with E-state index in [1.54, 1.807) is 12.1 Å². The van der Waals surface area contributed by atoms with E-state index in [2.05, 4.69) is 10.6 Å². The van der Waals surface area contributed by atoms with Crippen molar-refractivity contribution in [2.75, 3.05) is 31.9 Å². The van der Waals surface area contributed by atoms with Gasteiger partial charge in [-0.05, 0) is 49.3 Å². The maximum Gasteiger partial charge on any atom is 0.320 e. The molecule has 4 aliphatic rings. The fourth-order valence-corrected chi connectivity index (χ4v) is 7.11. The third-order valence-corrected chi connectivity index (χ3v) is 8.32. The van der Waals surface area contributed by atoms with Crippen LogP contribution in [0.15, 0.2) is 18.2 Å². The van der Waals surface area contributed by atoms with Crippen molar-refractivity contribution in [1.82, 2.24) is 14.5 Å². The SMILES string of the molecule is C=S1CCC2(CN(C(=O)N3CC4(CC(Cc5ccc(C#N)cc5F)C4)C3)C2)N1. The molecule has 2 amide bonds. The van der Waals surface area contributed by atoms with Crippen molar-refractivity contribution >= 4 is 22.6 Å². The van der Waals surface area contributed by atoms with Crippen molar-refractivity contribution in [3.05, 3.63) is 35.1 Å². The molecule has 1 unspecified atom stereocenters. The second kappa shape index (κ2) is 6.30. The third kappa shape index (κ3) is 2.94. The van der Waals surface area contributed by atoms with Crippen LogP contribution in [0.3, 0.4) is 0 Å². The Labute approximate surface area is 167 Å². The van der Waals surface area contributed by atoms with Gasteiger partial charge in [0, 0.05) is 37.3 Å². The molecule has 1 N–H and O–H groups in total. The number of hydrogen-bond donors (Lipinski definition) is 1. The van der Waals surface area contributed by atoms with E-state index in [0.29, 0.717) is 17.0 Å². The van der Waals surface area contributed by atoms with E-state index in [1.807, 2.05) is 15.9 Å². The molecule has 1 aromatic carbocycles. The van der Waals surface area contributed by atoms with Crippen LogP contribution in [0, 0.1) is 28.5 Å². The minimum absolute atomic E-state index is 0.0587. The first kappa shape index (κ1) is 18.1. The van der Waals surface area contributed by atoms with Crippen molar-refractivity contribution in [3.63, 3.8) is 0 Å². The topological polar surface area (TPSA) is 59.4 Å². The fourth-order valence-electron chi connectivity index (χ4n) is 5.53. The van der Waals surface area contributed by atoms with E-state index in [0.717, 1.165) is 57.6 Å². The molecule has 7 heteroatoms. The van der Waals surface area contributed by atoms with Crippen LogP contribution < -0.4 is 4.72 Å². The summed E-state index contributed by atoms with van der Waals surface area (Å²) in [7, 11) is 0.0587. The van der Waals surface area contributed by atoms with Gasteiger partial charge in [0.1, 0.15) is 5.82 Å². The van der Waals surface area contributed by atoms with Gasteiger partial charge < -0.3 is 9.80 Å². The molecular formula is C21H25FN4OS. The second-order valence-corrected chi connectivity index (χ2v) is 10.8. The van der Waals surface area contributed by atoms with Crippen molar-refractivity contribution in [3.8, 4) is 6.07 Å². The Hall–Kier alpha value is -1.91. The first-order chi connectivity index (χ1) is 13.4. The largest absolute Gasteiger partial charge is 0.323 e. The highest BCUT2D eigenvalue weighted by Gasteiger charge is 2.56. The van der Waals surface area contributed by atoms with Gasteiger partial charge in [-0.3, -0.25) is 4.72 Å². The number of urea groups is 1. The van der Waals surface area contributed by atoms with Crippen molar-refractivity contribution < 1.29 is 9.18 Å². The van der Waals surface area contributed by atoms with Crippen LogP contribution in [-0.2, 0) is 6.42 Å². The Kier molecular flexibility index (Phi) is 4.08. The number of amides is 2. The van der Waals surface area contributed by atoms with E-state index in [-0.39, 0.29) is 33.5 Å². The van der Waals surface area contributed by atoms with Crippen LogP contribution >= 0.6 is 10.7 Å². The summed E-state index contributed by atoms with van der Waals surface area (Å²) in [5.41, 5.74) is 1.46. The number of benzene rings is 1. The fraction of sp³-hybridized carbons (Fsp3) is 0.571. The molecule has 1 aromatic rings. The monoisotopic (exact) mass is 400 g/mol. The zero-order valence-corrected chi connectivity index (χ0v) is 16.7. The van der Waals surface area contributed by atoms with Crippen LogP contribution in [-0.4, -0.2) is 59.2 Å². The minimum atomic E-state index is -0.275. The zero-order valence-electron chi connectivity index (χ0n) is 15.9. The van der Waals surface area contributed by atoms with Gasteiger partial charge in [-0.15, -0.1) is 10.7 Å². The lowest BCUT2D eigenvalue weighted by Crippen LogP contribution is -2.73.